The number of nitrogens with two attached hydrogens (primary N) is 1. The van der Waals surface area contributed by atoms with Crippen molar-refractivity contribution in [2.75, 3.05) is 0 Å². The van der Waals surface area contributed by atoms with E-state index in [1.807, 2.05) is 18.2 Å². The van der Waals surface area contributed by atoms with Crippen LogP contribution in [0.1, 0.15) is 20.3 Å². The van der Waals surface area contributed by atoms with Crippen molar-refractivity contribution in [3.05, 3.63) is 35.6 Å². The number of rotatable bonds is 3. The summed E-state index contributed by atoms with van der Waals surface area (Å²) >= 11 is 0. The Hall–Kier alpha value is -1.82. The average molecular weight is 215 g/mol. The summed E-state index contributed by atoms with van der Waals surface area (Å²) < 4.78 is 0. The molecule has 0 aliphatic heterocycles. The maximum atomic E-state index is 9.11. The minimum Gasteiger partial charge on any atom is -0.402 e. The third-order valence-electron chi connectivity index (χ3n) is 3.39. The van der Waals surface area contributed by atoms with Crippen LogP contribution in [0.15, 0.2) is 35.6 Å². The Balaban J connectivity index is 3.19. The van der Waals surface area contributed by atoms with Gasteiger partial charge in [0, 0.05) is 28.8 Å². The van der Waals surface area contributed by atoms with Crippen LogP contribution in [-0.4, -0.2) is 6.21 Å². The van der Waals surface area contributed by atoms with Crippen LogP contribution in [0, 0.1) is 28.1 Å². The minimum atomic E-state index is -0.223. The van der Waals surface area contributed by atoms with E-state index in [-0.39, 0.29) is 11.3 Å². The monoisotopic (exact) mass is 215 g/mol. The maximum Gasteiger partial charge on any atom is 0.0954 e. The third-order valence-corrected chi connectivity index (χ3v) is 3.39. The Labute approximate surface area is 96.5 Å². The van der Waals surface area contributed by atoms with Gasteiger partial charge in [0.05, 0.1) is 6.07 Å². The lowest BCUT2D eigenvalue weighted by Gasteiger charge is -2.37. The zero-order chi connectivity index (χ0) is 12.2. The number of nitriles is 1. The van der Waals surface area contributed by atoms with Crippen LogP contribution >= 0.6 is 0 Å². The highest BCUT2D eigenvalue weighted by Gasteiger charge is 2.37. The molecule has 0 aromatic rings. The summed E-state index contributed by atoms with van der Waals surface area (Å²) in [6, 6.07) is 2.16. The second-order valence-electron chi connectivity index (χ2n) is 4.16. The number of hydrogen-bond acceptors (Lipinski definition) is 3. The first kappa shape index (κ1) is 12.3. The van der Waals surface area contributed by atoms with E-state index in [2.05, 4.69) is 19.9 Å². The molecule has 1 rings (SSSR count). The number of nitrogens with one attached hydrogen (secondary N) is 1. The van der Waals surface area contributed by atoms with Gasteiger partial charge in [0.1, 0.15) is 0 Å². The first-order valence-corrected chi connectivity index (χ1v) is 5.35. The molecule has 0 spiro atoms. The van der Waals surface area contributed by atoms with Gasteiger partial charge in [-0.15, -0.1) is 0 Å². The van der Waals surface area contributed by atoms with Crippen molar-refractivity contribution >= 4 is 6.21 Å². The van der Waals surface area contributed by atoms with Crippen LogP contribution in [0.25, 0.3) is 0 Å². The van der Waals surface area contributed by atoms with Crippen LogP contribution in [-0.2, 0) is 0 Å². The smallest absolute Gasteiger partial charge is 0.0954 e. The second kappa shape index (κ2) is 4.80. The zero-order valence-corrected chi connectivity index (χ0v) is 9.70. The molecule has 3 N–H and O–H groups in total. The largest absolute Gasteiger partial charge is 0.402 e. The third kappa shape index (κ3) is 1.92. The van der Waals surface area contributed by atoms with Crippen LogP contribution in [0.4, 0.5) is 0 Å². The number of nitrogens with zero attached hydrogens (tertiary/aromatic N) is 1. The highest BCUT2D eigenvalue weighted by molar-refractivity contribution is 5.71. The standard InChI is InChI=1S/C13H17N3/c1-3-13(2)11(5-4-6-12(13)16)10(9-15)7-8-14/h4-8,11,14H,3,16H2,1-2H3/b10-7-,14-8?/t11?,13-/m1/s1. The summed E-state index contributed by atoms with van der Waals surface area (Å²) in [7, 11) is 0. The van der Waals surface area contributed by atoms with E-state index in [1.54, 1.807) is 6.08 Å². The molecule has 84 valence electrons. The van der Waals surface area contributed by atoms with Gasteiger partial charge in [0.25, 0.3) is 0 Å². The Morgan fingerprint density at radius 3 is 2.94 bits per heavy atom. The van der Waals surface area contributed by atoms with Gasteiger partial charge in [-0.1, -0.05) is 26.0 Å². The predicted molar refractivity (Wildman–Crippen MR) is 65.8 cm³/mol. The van der Waals surface area contributed by atoms with Crippen molar-refractivity contribution in [2.24, 2.45) is 17.1 Å². The van der Waals surface area contributed by atoms with Crippen LogP contribution in [0.5, 0.6) is 0 Å². The van der Waals surface area contributed by atoms with Gasteiger partial charge >= 0.3 is 0 Å². The topological polar surface area (TPSA) is 73.7 Å². The molecule has 3 nitrogen and oxygen atoms in total. The fourth-order valence-corrected chi connectivity index (χ4v) is 2.02. The zero-order valence-electron chi connectivity index (χ0n) is 9.70. The lowest BCUT2D eigenvalue weighted by molar-refractivity contribution is 0.305. The maximum absolute atomic E-state index is 9.11. The SMILES string of the molecule is CC[C@@]1(C)C(N)=CC=CC1/C(C#N)=C\C=N. The van der Waals surface area contributed by atoms with E-state index >= 15 is 0 Å². The molecule has 0 amide bonds. The first-order valence-electron chi connectivity index (χ1n) is 5.35. The molecule has 0 saturated heterocycles. The Bertz CT molecular complexity index is 409. The van der Waals surface area contributed by atoms with Crippen molar-refractivity contribution in [1.29, 1.82) is 10.7 Å². The van der Waals surface area contributed by atoms with Crippen LogP contribution in [0.3, 0.4) is 0 Å². The summed E-state index contributed by atoms with van der Waals surface area (Å²) in [5, 5.41) is 16.2. The highest BCUT2D eigenvalue weighted by Crippen LogP contribution is 2.43. The Morgan fingerprint density at radius 2 is 2.44 bits per heavy atom. The second-order valence-corrected chi connectivity index (χ2v) is 4.16. The van der Waals surface area contributed by atoms with Crippen molar-refractivity contribution in [3.63, 3.8) is 0 Å². The molecule has 1 aliphatic carbocycles. The molecule has 0 fully saturated rings. The molecule has 1 aliphatic rings. The van der Waals surface area contributed by atoms with Gasteiger partial charge in [0.2, 0.25) is 0 Å². The predicted octanol–water partition coefficient (Wildman–Crippen LogP) is 2.53. The van der Waals surface area contributed by atoms with Gasteiger partial charge in [-0.25, -0.2) is 0 Å². The van der Waals surface area contributed by atoms with E-state index in [4.69, 9.17) is 16.4 Å². The number of allylic oxidation sites excluding steroid dienone is 6. The molecule has 3 heteroatoms. The van der Waals surface area contributed by atoms with E-state index in [9.17, 15) is 0 Å². The Kier molecular flexibility index (Phi) is 3.68. The molecule has 0 radical (unpaired) electrons. The molecular formula is C13H17N3. The van der Waals surface area contributed by atoms with Crippen LogP contribution in [0.2, 0.25) is 0 Å². The minimum absolute atomic E-state index is 0.0332. The van der Waals surface area contributed by atoms with Crippen LogP contribution < -0.4 is 5.73 Å². The Morgan fingerprint density at radius 1 is 1.75 bits per heavy atom. The summed E-state index contributed by atoms with van der Waals surface area (Å²) in [6.07, 6.45) is 9.31. The molecule has 0 aromatic carbocycles. The molecule has 0 bridgehead atoms. The van der Waals surface area contributed by atoms with E-state index in [1.165, 1.54) is 0 Å². The highest BCUT2D eigenvalue weighted by atomic mass is 14.7. The molecular weight excluding hydrogens is 198 g/mol. The summed E-state index contributed by atoms with van der Waals surface area (Å²) in [5.41, 5.74) is 7.19. The molecule has 0 aromatic heterocycles. The normalized spacial score (nSPS) is 29.4. The molecule has 2 atom stereocenters. The molecule has 1 unspecified atom stereocenters. The van der Waals surface area contributed by atoms with Crippen molar-refractivity contribution in [2.45, 2.75) is 20.3 Å². The van der Waals surface area contributed by atoms with E-state index in [0.717, 1.165) is 18.3 Å². The van der Waals surface area contributed by atoms with Gasteiger partial charge in [0.15, 0.2) is 0 Å². The fourth-order valence-electron chi connectivity index (χ4n) is 2.02. The average Bonchev–Trinajstić information content (AvgIpc) is 2.30. The fraction of sp³-hybridized carbons (Fsp3) is 0.385. The van der Waals surface area contributed by atoms with Gasteiger partial charge < -0.3 is 11.1 Å². The van der Waals surface area contributed by atoms with Gasteiger partial charge in [-0.2, -0.15) is 5.26 Å². The number of hydrogen-bond donors (Lipinski definition) is 2. The quantitative estimate of drug-likeness (QED) is 0.560. The summed E-state index contributed by atoms with van der Waals surface area (Å²) in [5.74, 6) is -0.0332. The lowest BCUT2D eigenvalue weighted by atomic mass is 9.67. The summed E-state index contributed by atoms with van der Waals surface area (Å²) in [4.78, 5) is 0. The molecule has 16 heavy (non-hydrogen) atoms. The first-order chi connectivity index (χ1) is 7.60. The van der Waals surface area contributed by atoms with Gasteiger partial charge in [-0.05, 0) is 18.6 Å². The van der Waals surface area contributed by atoms with Gasteiger partial charge in [-0.3, -0.25) is 0 Å². The van der Waals surface area contributed by atoms with Crippen molar-refractivity contribution < 1.29 is 0 Å². The molecule has 0 heterocycles. The van der Waals surface area contributed by atoms with Crippen molar-refractivity contribution in [1.82, 2.24) is 0 Å². The van der Waals surface area contributed by atoms with Crippen molar-refractivity contribution in [3.8, 4) is 6.07 Å². The van der Waals surface area contributed by atoms with E-state index in [0.29, 0.717) is 5.57 Å². The summed E-state index contributed by atoms with van der Waals surface area (Å²) in [6.45, 7) is 4.12. The molecule has 0 saturated carbocycles. The lowest BCUT2D eigenvalue weighted by Crippen LogP contribution is -2.34. The van der Waals surface area contributed by atoms with E-state index < -0.39 is 0 Å².